The van der Waals surface area contributed by atoms with Crippen LogP contribution in [-0.4, -0.2) is 53.8 Å². The fourth-order valence-electron chi connectivity index (χ4n) is 3.84. The quantitative estimate of drug-likeness (QED) is 0.863. The molecule has 1 aliphatic carbocycles. The molecule has 8 nitrogen and oxygen atoms in total. The number of amides is 1. The molecule has 1 saturated heterocycles. The summed E-state index contributed by atoms with van der Waals surface area (Å²) in [6.07, 6.45) is 7.27. The lowest BCUT2D eigenvalue weighted by Crippen LogP contribution is -2.48. The van der Waals surface area contributed by atoms with Gasteiger partial charge in [0.2, 0.25) is 5.91 Å². The van der Waals surface area contributed by atoms with Gasteiger partial charge in [-0.15, -0.1) is 10.2 Å². The van der Waals surface area contributed by atoms with Gasteiger partial charge in [0.1, 0.15) is 11.6 Å². The van der Waals surface area contributed by atoms with Crippen LogP contribution in [0.1, 0.15) is 56.0 Å². The van der Waals surface area contributed by atoms with Crippen molar-refractivity contribution >= 4 is 5.91 Å². The summed E-state index contributed by atoms with van der Waals surface area (Å²) in [5.74, 6) is 3.45. The van der Waals surface area contributed by atoms with E-state index in [1.807, 2.05) is 18.0 Å². The van der Waals surface area contributed by atoms with E-state index < -0.39 is 5.54 Å². The average Bonchev–Trinajstić information content (AvgIpc) is 3.09. The third-order valence-electron chi connectivity index (χ3n) is 5.77. The van der Waals surface area contributed by atoms with Gasteiger partial charge in [-0.3, -0.25) is 4.79 Å². The highest BCUT2D eigenvalue weighted by Gasteiger charge is 2.48. The highest BCUT2D eigenvalue weighted by Crippen LogP contribution is 2.36. The molecule has 0 aromatic carbocycles. The maximum atomic E-state index is 12.4. The van der Waals surface area contributed by atoms with Crippen molar-refractivity contribution in [2.24, 2.45) is 5.73 Å². The van der Waals surface area contributed by atoms with E-state index >= 15 is 0 Å². The van der Waals surface area contributed by atoms with E-state index in [0.29, 0.717) is 12.5 Å². The Balaban J connectivity index is 1.45. The molecule has 0 atom stereocenters. The molecule has 0 radical (unpaired) electrons. The Hall–Kier alpha value is -2.22. The Morgan fingerprint density at radius 2 is 2.04 bits per heavy atom. The van der Waals surface area contributed by atoms with E-state index in [1.54, 1.807) is 6.20 Å². The first-order valence-electron chi connectivity index (χ1n) is 9.50. The zero-order chi connectivity index (χ0) is 18.3. The Morgan fingerprint density at radius 3 is 2.62 bits per heavy atom. The summed E-state index contributed by atoms with van der Waals surface area (Å²) in [4.78, 5) is 18.6. The number of likely N-dealkylation sites (tertiary alicyclic amines) is 1. The second kappa shape index (κ2) is 6.50. The minimum absolute atomic E-state index is 0.129. The van der Waals surface area contributed by atoms with Gasteiger partial charge in [0.15, 0.2) is 5.82 Å². The van der Waals surface area contributed by atoms with Crippen molar-refractivity contribution in [3.8, 4) is 0 Å². The molecule has 2 N–H and O–H groups in total. The van der Waals surface area contributed by atoms with Gasteiger partial charge in [-0.1, -0.05) is 0 Å². The number of nitrogens with two attached hydrogens (primary N) is 1. The number of hydrogen-bond donors (Lipinski definition) is 1. The minimum atomic E-state index is -0.563. The van der Waals surface area contributed by atoms with Crippen LogP contribution in [0.25, 0.3) is 0 Å². The number of rotatable bonds is 5. The summed E-state index contributed by atoms with van der Waals surface area (Å²) >= 11 is 0. The van der Waals surface area contributed by atoms with Crippen molar-refractivity contribution in [3.05, 3.63) is 29.9 Å². The zero-order valence-electron chi connectivity index (χ0n) is 15.6. The summed E-state index contributed by atoms with van der Waals surface area (Å²) in [6.45, 7) is 7.16. The molecule has 1 saturated carbocycles. The van der Waals surface area contributed by atoms with Gasteiger partial charge in [0.25, 0.3) is 0 Å². The number of aromatic nitrogens is 5. The number of hydrogen-bond acceptors (Lipinski definition) is 5. The van der Waals surface area contributed by atoms with Crippen LogP contribution in [0.15, 0.2) is 12.4 Å². The van der Waals surface area contributed by atoms with Crippen molar-refractivity contribution in [1.82, 2.24) is 29.2 Å². The first kappa shape index (κ1) is 17.2. The second-order valence-corrected chi connectivity index (χ2v) is 7.54. The molecule has 2 aromatic rings. The Labute approximate surface area is 153 Å². The Morgan fingerprint density at radius 1 is 1.31 bits per heavy atom. The van der Waals surface area contributed by atoms with Gasteiger partial charge in [0.05, 0.1) is 12.1 Å². The maximum Gasteiger partial charge on any atom is 0.242 e. The maximum absolute atomic E-state index is 12.4. The molecule has 2 aliphatic rings. The lowest BCUT2D eigenvalue weighted by molar-refractivity contribution is -0.134. The van der Waals surface area contributed by atoms with Crippen LogP contribution in [0, 0.1) is 6.92 Å². The monoisotopic (exact) mass is 357 g/mol. The largest absolute Gasteiger partial charge is 0.341 e. The van der Waals surface area contributed by atoms with Crippen molar-refractivity contribution in [3.63, 3.8) is 0 Å². The minimum Gasteiger partial charge on any atom is -0.341 e. The Bertz CT molecular complexity index is 796. The summed E-state index contributed by atoms with van der Waals surface area (Å²) in [6, 6.07) is 0. The molecule has 26 heavy (non-hydrogen) atoms. The first-order valence-corrected chi connectivity index (χ1v) is 9.50. The number of nitrogens with zero attached hydrogens (tertiary/aromatic N) is 6. The molecule has 8 heteroatoms. The van der Waals surface area contributed by atoms with E-state index in [2.05, 4.69) is 31.2 Å². The fraction of sp³-hybridized carbons (Fsp3) is 0.667. The zero-order valence-corrected chi connectivity index (χ0v) is 15.6. The van der Waals surface area contributed by atoms with Crippen LogP contribution in [0.4, 0.5) is 0 Å². The van der Waals surface area contributed by atoms with Crippen LogP contribution in [0.5, 0.6) is 0 Å². The van der Waals surface area contributed by atoms with E-state index in [4.69, 9.17) is 5.73 Å². The van der Waals surface area contributed by atoms with E-state index in [9.17, 15) is 4.79 Å². The van der Waals surface area contributed by atoms with Gasteiger partial charge in [0, 0.05) is 37.9 Å². The van der Waals surface area contributed by atoms with Gasteiger partial charge in [-0.05, 0) is 39.5 Å². The van der Waals surface area contributed by atoms with E-state index in [-0.39, 0.29) is 5.91 Å². The van der Waals surface area contributed by atoms with Crippen LogP contribution in [0.2, 0.25) is 0 Å². The molecule has 1 amide bonds. The van der Waals surface area contributed by atoms with E-state index in [0.717, 1.165) is 62.8 Å². The van der Waals surface area contributed by atoms with Crippen LogP contribution in [-0.2, 0) is 17.9 Å². The molecular weight excluding hydrogens is 330 g/mol. The number of imidazole rings is 1. The van der Waals surface area contributed by atoms with Crippen LogP contribution >= 0.6 is 0 Å². The number of piperidine rings is 1. The highest BCUT2D eigenvalue weighted by molar-refractivity contribution is 5.89. The highest BCUT2D eigenvalue weighted by atomic mass is 16.2. The summed E-state index contributed by atoms with van der Waals surface area (Å²) in [5.41, 5.74) is 5.50. The topological polar surface area (TPSA) is 94.9 Å². The average molecular weight is 357 g/mol. The van der Waals surface area contributed by atoms with Crippen molar-refractivity contribution in [2.75, 3.05) is 13.1 Å². The van der Waals surface area contributed by atoms with Crippen LogP contribution < -0.4 is 5.73 Å². The van der Waals surface area contributed by atoms with Crippen molar-refractivity contribution < 1.29 is 4.79 Å². The standard InChI is InChI=1S/C18H27N7O/c1-3-25-15(12-24-11-8-20-13(24)2)21-22-16(25)14-4-9-23(10-5-14)17(26)18(19)6-7-18/h8,11,14H,3-7,9-10,12,19H2,1-2H3. The molecule has 2 aromatic heterocycles. The lowest BCUT2D eigenvalue weighted by atomic mass is 9.95. The molecular formula is C18H27N7O. The van der Waals surface area contributed by atoms with Crippen molar-refractivity contribution in [1.29, 1.82) is 0 Å². The fourth-order valence-corrected chi connectivity index (χ4v) is 3.84. The first-order chi connectivity index (χ1) is 12.5. The third-order valence-corrected chi connectivity index (χ3v) is 5.77. The molecule has 140 valence electrons. The normalized spacial score (nSPS) is 19.7. The lowest BCUT2D eigenvalue weighted by Gasteiger charge is -2.33. The third kappa shape index (κ3) is 3.02. The molecule has 0 bridgehead atoms. The molecule has 2 fully saturated rings. The molecule has 0 spiro atoms. The SMILES string of the molecule is CCn1c(Cn2ccnc2C)nnc1C1CCN(C(=O)C2(N)CC2)CC1. The number of aryl methyl sites for hydroxylation is 1. The number of carbonyl (C=O) groups excluding carboxylic acids is 1. The molecule has 1 aliphatic heterocycles. The predicted octanol–water partition coefficient (Wildman–Crippen LogP) is 1.05. The predicted molar refractivity (Wildman–Crippen MR) is 96.5 cm³/mol. The Kier molecular flexibility index (Phi) is 4.30. The molecule has 0 unspecified atom stereocenters. The van der Waals surface area contributed by atoms with Crippen LogP contribution in [0.3, 0.4) is 0 Å². The van der Waals surface area contributed by atoms with Gasteiger partial charge < -0.3 is 19.8 Å². The summed E-state index contributed by atoms with van der Waals surface area (Å²) < 4.78 is 4.30. The smallest absolute Gasteiger partial charge is 0.242 e. The van der Waals surface area contributed by atoms with Crippen molar-refractivity contribution in [2.45, 2.75) is 64.1 Å². The summed E-state index contributed by atoms with van der Waals surface area (Å²) in [7, 11) is 0. The van der Waals surface area contributed by atoms with E-state index in [1.165, 1.54) is 0 Å². The van der Waals surface area contributed by atoms with Gasteiger partial charge in [-0.25, -0.2) is 4.98 Å². The summed E-state index contributed by atoms with van der Waals surface area (Å²) in [5, 5.41) is 8.95. The molecule has 4 rings (SSSR count). The number of carbonyl (C=O) groups is 1. The van der Waals surface area contributed by atoms with Gasteiger partial charge in [-0.2, -0.15) is 0 Å². The van der Waals surface area contributed by atoms with Gasteiger partial charge >= 0.3 is 0 Å². The molecule has 3 heterocycles. The second-order valence-electron chi connectivity index (χ2n) is 7.54.